The fourth-order valence-electron chi connectivity index (χ4n) is 5.82. The predicted octanol–water partition coefficient (Wildman–Crippen LogP) is 8.38. The van der Waals surface area contributed by atoms with Gasteiger partial charge >= 0.3 is 5.97 Å². The van der Waals surface area contributed by atoms with Crippen molar-refractivity contribution in [3.8, 4) is 0 Å². The third kappa shape index (κ3) is 9.91. The molecule has 1 aromatic heterocycles. The van der Waals surface area contributed by atoms with Crippen molar-refractivity contribution in [3.05, 3.63) is 152 Å². The van der Waals surface area contributed by atoms with E-state index in [0.717, 1.165) is 38.5 Å². The number of halogens is 1. The topological polar surface area (TPSA) is 117 Å². The summed E-state index contributed by atoms with van der Waals surface area (Å²) in [5.41, 5.74) is 4.27. The Labute approximate surface area is 325 Å². The molecule has 0 spiro atoms. The Morgan fingerprint density at radius 3 is 2.36 bits per heavy atom. The van der Waals surface area contributed by atoms with Crippen molar-refractivity contribution in [2.45, 2.75) is 36.6 Å². The summed E-state index contributed by atoms with van der Waals surface area (Å²) in [5.74, 6) is -1.66. The molecule has 0 fully saturated rings. The lowest BCUT2D eigenvalue weighted by Crippen LogP contribution is -2.30. The number of fused-ring (bicyclic) bond motifs is 1. The van der Waals surface area contributed by atoms with Crippen LogP contribution in [0.5, 0.6) is 0 Å². The summed E-state index contributed by atoms with van der Waals surface area (Å²) in [6.45, 7) is 4.05. The number of anilines is 2. The fraction of sp³-hybridized carbons (Fsp3) is 0.171. The normalized spacial score (nSPS) is 13.4. The molecule has 1 aliphatic rings. The standard InChI is InChI=1S/C41H37BrN4O5S2/c1-26(37(47)45-40-36(41(50)51-2)33-20-21-46(25-35(33)53-40)24-28-10-5-3-6-11-28)52-32-15-9-14-31(23-32)43-39(49)34(22-27-16-18-30(42)19-17-27)44-38(48)29-12-7-4-8-13-29/h3-19,22-23,26H,20-21,24-25H2,1-2H3,(H,43,49)(H,44,48)(H,45,47)/b34-22+. The van der Waals surface area contributed by atoms with Gasteiger partial charge in [-0.25, -0.2) is 4.79 Å². The van der Waals surface area contributed by atoms with E-state index in [1.165, 1.54) is 35.8 Å². The van der Waals surface area contributed by atoms with Gasteiger partial charge in [-0.15, -0.1) is 23.1 Å². The minimum atomic E-state index is -0.543. The number of benzene rings is 4. The number of thiophene rings is 1. The van der Waals surface area contributed by atoms with Crippen molar-refractivity contribution in [1.82, 2.24) is 10.2 Å². The number of carbonyl (C=O) groups excluding carboxylic acids is 4. The summed E-state index contributed by atoms with van der Waals surface area (Å²) in [7, 11) is 1.35. The largest absolute Gasteiger partial charge is 0.465 e. The average Bonchev–Trinajstić information content (AvgIpc) is 3.52. The molecule has 0 saturated heterocycles. The Bertz CT molecular complexity index is 2140. The Balaban J connectivity index is 1.13. The van der Waals surface area contributed by atoms with E-state index in [-0.39, 0.29) is 11.6 Å². The SMILES string of the molecule is COC(=O)c1c(NC(=O)C(C)Sc2cccc(NC(=O)/C(=C\c3ccc(Br)cc3)NC(=O)c3ccccc3)c2)sc2c1CCN(Cc1ccccc1)C2. The Kier molecular flexibility index (Phi) is 12.6. The van der Waals surface area contributed by atoms with E-state index < -0.39 is 23.0 Å². The van der Waals surface area contributed by atoms with Crippen LogP contribution in [0.15, 0.2) is 124 Å². The molecule has 3 N–H and O–H groups in total. The maximum Gasteiger partial charge on any atom is 0.341 e. The molecule has 0 radical (unpaired) electrons. The number of amides is 3. The van der Waals surface area contributed by atoms with E-state index in [2.05, 4.69) is 48.9 Å². The van der Waals surface area contributed by atoms with Crippen LogP contribution in [-0.4, -0.2) is 47.5 Å². The maximum atomic E-state index is 13.6. The number of methoxy groups -OCH3 is 1. The van der Waals surface area contributed by atoms with Crippen molar-refractivity contribution in [3.63, 3.8) is 0 Å². The minimum Gasteiger partial charge on any atom is -0.465 e. The maximum absolute atomic E-state index is 13.6. The highest BCUT2D eigenvalue weighted by Crippen LogP contribution is 2.38. The van der Waals surface area contributed by atoms with Crippen molar-refractivity contribution < 1.29 is 23.9 Å². The average molecular weight is 810 g/mol. The predicted molar refractivity (Wildman–Crippen MR) is 215 cm³/mol. The van der Waals surface area contributed by atoms with E-state index >= 15 is 0 Å². The molecule has 9 nitrogen and oxygen atoms in total. The quantitative estimate of drug-likeness (QED) is 0.0659. The van der Waals surface area contributed by atoms with Gasteiger partial charge in [-0.05, 0) is 78.6 Å². The summed E-state index contributed by atoms with van der Waals surface area (Å²) >= 11 is 6.16. The summed E-state index contributed by atoms with van der Waals surface area (Å²) in [5, 5.41) is 8.60. The molecule has 2 heterocycles. The van der Waals surface area contributed by atoms with Gasteiger partial charge in [0, 0.05) is 45.1 Å². The van der Waals surface area contributed by atoms with Crippen LogP contribution in [0.25, 0.3) is 6.08 Å². The molecular weight excluding hydrogens is 773 g/mol. The minimum absolute atomic E-state index is 0.0650. The number of ether oxygens (including phenoxy) is 1. The molecule has 0 aliphatic carbocycles. The van der Waals surface area contributed by atoms with Crippen molar-refractivity contribution in [1.29, 1.82) is 0 Å². The summed E-state index contributed by atoms with van der Waals surface area (Å²) in [6.07, 6.45) is 2.29. The molecule has 6 rings (SSSR count). The van der Waals surface area contributed by atoms with Gasteiger partial charge in [0.25, 0.3) is 11.8 Å². The molecular formula is C41H37BrN4O5S2. The molecule has 270 valence electrons. The first-order valence-corrected chi connectivity index (χ1v) is 19.4. The molecule has 1 unspecified atom stereocenters. The van der Waals surface area contributed by atoms with Crippen LogP contribution in [0.3, 0.4) is 0 Å². The van der Waals surface area contributed by atoms with Crippen LogP contribution in [-0.2, 0) is 33.8 Å². The van der Waals surface area contributed by atoms with Gasteiger partial charge in [0.1, 0.15) is 10.7 Å². The zero-order valence-electron chi connectivity index (χ0n) is 29.1. The van der Waals surface area contributed by atoms with Gasteiger partial charge in [-0.2, -0.15) is 0 Å². The van der Waals surface area contributed by atoms with E-state index in [1.54, 1.807) is 55.5 Å². The molecule has 12 heteroatoms. The van der Waals surface area contributed by atoms with Crippen LogP contribution in [0.2, 0.25) is 0 Å². The molecule has 3 amide bonds. The number of nitrogens with zero attached hydrogens (tertiary/aromatic N) is 1. The smallest absolute Gasteiger partial charge is 0.341 e. The van der Waals surface area contributed by atoms with Gasteiger partial charge in [-0.3, -0.25) is 19.3 Å². The zero-order valence-corrected chi connectivity index (χ0v) is 32.3. The molecule has 0 saturated carbocycles. The van der Waals surface area contributed by atoms with Crippen molar-refractivity contribution >= 4 is 79.5 Å². The van der Waals surface area contributed by atoms with Crippen molar-refractivity contribution in [2.24, 2.45) is 0 Å². The molecule has 5 aromatic rings. The lowest BCUT2D eigenvalue weighted by molar-refractivity contribution is -0.115. The number of hydrogen-bond acceptors (Lipinski definition) is 8. The fourth-order valence-corrected chi connectivity index (χ4v) is 8.30. The monoisotopic (exact) mass is 808 g/mol. The Morgan fingerprint density at radius 1 is 0.925 bits per heavy atom. The van der Waals surface area contributed by atoms with E-state index in [9.17, 15) is 19.2 Å². The zero-order chi connectivity index (χ0) is 37.3. The highest BCUT2D eigenvalue weighted by Gasteiger charge is 2.30. The molecule has 4 aromatic carbocycles. The van der Waals surface area contributed by atoms with Crippen LogP contribution >= 0.6 is 39.0 Å². The first-order chi connectivity index (χ1) is 25.7. The van der Waals surface area contributed by atoms with E-state index in [4.69, 9.17) is 4.74 Å². The lowest BCUT2D eigenvalue weighted by atomic mass is 10.0. The highest BCUT2D eigenvalue weighted by molar-refractivity contribution is 9.10. The number of carbonyl (C=O) groups is 4. The lowest BCUT2D eigenvalue weighted by Gasteiger charge is -2.27. The highest BCUT2D eigenvalue weighted by atomic mass is 79.9. The number of hydrogen-bond donors (Lipinski definition) is 3. The number of nitrogens with one attached hydrogen (secondary N) is 3. The third-order valence-corrected chi connectivity index (χ3v) is 11.2. The van der Waals surface area contributed by atoms with Crippen molar-refractivity contribution in [2.75, 3.05) is 24.3 Å². The Hall–Kier alpha value is -5.01. The molecule has 0 bridgehead atoms. The second kappa shape index (κ2) is 17.7. The Morgan fingerprint density at radius 2 is 1.64 bits per heavy atom. The second-order valence-electron chi connectivity index (χ2n) is 12.3. The summed E-state index contributed by atoms with van der Waals surface area (Å²) < 4.78 is 6.02. The number of esters is 1. The van der Waals surface area contributed by atoms with Crippen LogP contribution in [0, 0.1) is 0 Å². The second-order valence-corrected chi connectivity index (χ2v) is 15.7. The van der Waals surface area contributed by atoms with Gasteiger partial charge in [-0.1, -0.05) is 82.7 Å². The van der Waals surface area contributed by atoms with Crippen LogP contribution in [0.1, 0.15) is 49.2 Å². The number of thioether (sulfide) groups is 1. The van der Waals surface area contributed by atoms with Crippen LogP contribution < -0.4 is 16.0 Å². The summed E-state index contributed by atoms with van der Waals surface area (Å²) in [6, 6.07) is 33.4. The van der Waals surface area contributed by atoms with Gasteiger partial charge in [0.2, 0.25) is 5.91 Å². The van der Waals surface area contributed by atoms with Gasteiger partial charge in [0.05, 0.1) is 17.9 Å². The van der Waals surface area contributed by atoms with E-state index in [1.807, 2.05) is 54.6 Å². The first kappa shape index (κ1) is 37.7. The summed E-state index contributed by atoms with van der Waals surface area (Å²) in [4.78, 5) is 57.3. The first-order valence-electron chi connectivity index (χ1n) is 16.9. The molecule has 53 heavy (non-hydrogen) atoms. The molecule has 1 aliphatic heterocycles. The van der Waals surface area contributed by atoms with E-state index in [0.29, 0.717) is 34.8 Å². The molecule has 1 atom stereocenters. The van der Waals surface area contributed by atoms with Crippen LogP contribution in [0.4, 0.5) is 10.7 Å². The third-order valence-electron chi connectivity index (χ3n) is 8.49. The number of rotatable bonds is 12. The van der Waals surface area contributed by atoms with Gasteiger partial charge in [0.15, 0.2) is 0 Å². The van der Waals surface area contributed by atoms with Gasteiger partial charge < -0.3 is 20.7 Å².